The van der Waals surface area contributed by atoms with Crippen molar-refractivity contribution in [1.29, 1.82) is 0 Å². The minimum atomic E-state index is 0.139. The van der Waals surface area contributed by atoms with E-state index in [1.165, 1.54) is 0 Å². The molecule has 0 bridgehead atoms. The first-order valence-corrected chi connectivity index (χ1v) is 4.65. The predicted octanol–water partition coefficient (Wildman–Crippen LogP) is 2.12. The third kappa shape index (κ3) is 1.63. The zero-order valence-corrected chi connectivity index (χ0v) is 8.45. The minimum Gasteiger partial charge on any atom is -0.300 e. The number of nitrogens with zero attached hydrogens (tertiary/aromatic N) is 2. The Morgan fingerprint density at radius 1 is 1.57 bits per heavy atom. The molecule has 0 spiro atoms. The summed E-state index contributed by atoms with van der Waals surface area (Å²) in [7, 11) is 0. The average molecular weight is 209 g/mol. The van der Waals surface area contributed by atoms with Gasteiger partial charge in [0.2, 0.25) is 0 Å². The Kier molecular flexibility index (Phi) is 2.25. The van der Waals surface area contributed by atoms with Crippen LogP contribution in [-0.2, 0) is 11.2 Å². The first-order chi connectivity index (χ1) is 6.66. The molecule has 0 amide bonds. The standard InChI is InChI=1S/C10H9ClN2O/c1-7(14)4-8-2-3-10-12-5-9(11)13(10)6-8/h2-3,5-6H,4H2,1H3. The van der Waals surface area contributed by atoms with Crippen molar-refractivity contribution in [3.8, 4) is 0 Å². The predicted molar refractivity (Wildman–Crippen MR) is 54.6 cm³/mol. The van der Waals surface area contributed by atoms with Crippen molar-refractivity contribution in [1.82, 2.24) is 9.38 Å². The third-order valence-corrected chi connectivity index (χ3v) is 2.25. The molecule has 0 saturated carbocycles. The van der Waals surface area contributed by atoms with Crippen molar-refractivity contribution in [2.45, 2.75) is 13.3 Å². The van der Waals surface area contributed by atoms with Gasteiger partial charge in [-0.25, -0.2) is 4.98 Å². The maximum absolute atomic E-state index is 10.9. The van der Waals surface area contributed by atoms with Gasteiger partial charge in [0.05, 0.1) is 6.20 Å². The molecule has 2 rings (SSSR count). The number of imidazole rings is 1. The molecule has 2 heterocycles. The van der Waals surface area contributed by atoms with Gasteiger partial charge in [0.1, 0.15) is 16.6 Å². The molecule has 2 aromatic heterocycles. The highest BCUT2D eigenvalue weighted by molar-refractivity contribution is 6.29. The van der Waals surface area contributed by atoms with E-state index in [2.05, 4.69) is 4.98 Å². The highest BCUT2D eigenvalue weighted by atomic mass is 35.5. The highest BCUT2D eigenvalue weighted by Gasteiger charge is 2.02. The van der Waals surface area contributed by atoms with Gasteiger partial charge in [-0.15, -0.1) is 0 Å². The van der Waals surface area contributed by atoms with E-state index in [-0.39, 0.29) is 5.78 Å². The zero-order chi connectivity index (χ0) is 10.1. The summed E-state index contributed by atoms with van der Waals surface area (Å²) in [6.45, 7) is 1.57. The summed E-state index contributed by atoms with van der Waals surface area (Å²) in [5.41, 5.74) is 1.74. The van der Waals surface area contributed by atoms with Crippen LogP contribution in [-0.4, -0.2) is 15.2 Å². The smallest absolute Gasteiger partial charge is 0.137 e. The van der Waals surface area contributed by atoms with Crippen LogP contribution in [0.25, 0.3) is 5.65 Å². The fourth-order valence-electron chi connectivity index (χ4n) is 1.39. The Morgan fingerprint density at radius 3 is 3.07 bits per heavy atom. The molecule has 72 valence electrons. The van der Waals surface area contributed by atoms with E-state index >= 15 is 0 Å². The van der Waals surface area contributed by atoms with Crippen molar-refractivity contribution in [3.05, 3.63) is 35.2 Å². The first-order valence-electron chi connectivity index (χ1n) is 4.28. The van der Waals surface area contributed by atoms with Crippen molar-refractivity contribution < 1.29 is 4.79 Å². The van der Waals surface area contributed by atoms with E-state index in [1.54, 1.807) is 17.5 Å². The second kappa shape index (κ2) is 3.42. The van der Waals surface area contributed by atoms with Crippen molar-refractivity contribution in [2.75, 3.05) is 0 Å². The van der Waals surface area contributed by atoms with E-state index in [4.69, 9.17) is 11.6 Å². The van der Waals surface area contributed by atoms with Gasteiger partial charge >= 0.3 is 0 Å². The number of rotatable bonds is 2. The summed E-state index contributed by atoms with van der Waals surface area (Å²) in [4.78, 5) is 15.0. The summed E-state index contributed by atoms with van der Waals surface area (Å²) in [5, 5.41) is 0.561. The Hall–Kier alpha value is -1.35. The second-order valence-electron chi connectivity index (χ2n) is 3.23. The van der Waals surface area contributed by atoms with Gasteiger partial charge < -0.3 is 0 Å². The molecule has 0 atom stereocenters. The Morgan fingerprint density at radius 2 is 2.36 bits per heavy atom. The van der Waals surface area contributed by atoms with Gasteiger partial charge in [-0.05, 0) is 18.6 Å². The fourth-order valence-corrected chi connectivity index (χ4v) is 1.57. The van der Waals surface area contributed by atoms with Crippen LogP contribution >= 0.6 is 11.6 Å². The lowest BCUT2D eigenvalue weighted by Gasteiger charge is -1.99. The average Bonchev–Trinajstić information content (AvgIpc) is 2.47. The maximum atomic E-state index is 10.9. The summed E-state index contributed by atoms with van der Waals surface area (Å²) in [6, 6.07) is 3.74. The Bertz CT molecular complexity index is 490. The number of carbonyl (C=O) groups is 1. The van der Waals surface area contributed by atoms with Gasteiger partial charge in [-0.1, -0.05) is 17.7 Å². The number of halogens is 1. The van der Waals surface area contributed by atoms with Crippen LogP contribution in [0.4, 0.5) is 0 Å². The molecule has 0 fully saturated rings. The number of carbonyl (C=O) groups excluding carboxylic acids is 1. The molecule has 0 radical (unpaired) electrons. The number of hydrogen-bond donors (Lipinski definition) is 0. The van der Waals surface area contributed by atoms with Gasteiger partial charge in [0, 0.05) is 12.6 Å². The van der Waals surface area contributed by atoms with E-state index in [0.29, 0.717) is 11.6 Å². The van der Waals surface area contributed by atoms with E-state index in [1.807, 2.05) is 18.3 Å². The van der Waals surface area contributed by atoms with E-state index in [9.17, 15) is 4.79 Å². The summed E-state index contributed by atoms with van der Waals surface area (Å²) in [6.07, 6.45) is 3.87. The molecule has 14 heavy (non-hydrogen) atoms. The largest absolute Gasteiger partial charge is 0.300 e. The quantitative estimate of drug-likeness (QED) is 0.758. The molecular weight excluding hydrogens is 200 g/mol. The SMILES string of the molecule is CC(=O)Cc1ccc2ncc(Cl)n2c1. The minimum absolute atomic E-state index is 0.139. The number of hydrogen-bond acceptors (Lipinski definition) is 2. The van der Waals surface area contributed by atoms with Crippen LogP contribution in [0.1, 0.15) is 12.5 Å². The normalized spacial score (nSPS) is 10.7. The van der Waals surface area contributed by atoms with Crippen molar-refractivity contribution >= 4 is 23.0 Å². The van der Waals surface area contributed by atoms with E-state index < -0.39 is 0 Å². The molecule has 0 N–H and O–H groups in total. The third-order valence-electron chi connectivity index (χ3n) is 1.97. The summed E-state index contributed by atoms with van der Waals surface area (Å²) in [5.74, 6) is 0.139. The van der Waals surface area contributed by atoms with Crippen molar-refractivity contribution in [3.63, 3.8) is 0 Å². The van der Waals surface area contributed by atoms with Crippen LogP contribution in [0.3, 0.4) is 0 Å². The number of fused-ring (bicyclic) bond motifs is 1. The lowest BCUT2D eigenvalue weighted by Crippen LogP contribution is -1.98. The Labute approximate surface area is 86.3 Å². The second-order valence-corrected chi connectivity index (χ2v) is 3.61. The number of Topliss-reactive ketones (excluding diaryl/α,β-unsaturated/α-hetero) is 1. The van der Waals surface area contributed by atoms with Gasteiger partial charge in [-0.2, -0.15) is 0 Å². The van der Waals surface area contributed by atoms with Crippen LogP contribution < -0.4 is 0 Å². The zero-order valence-electron chi connectivity index (χ0n) is 7.70. The molecule has 0 unspecified atom stereocenters. The van der Waals surface area contributed by atoms with Crippen molar-refractivity contribution in [2.24, 2.45) is 0 Å². The molecule has 0 aliphatic rings. The molecule has 0 aromatic carbocycles. The lowest BCUT2D eigenvalue weighted by molar-refractivity contribution is -0.116. The monoisotopic (exact) mass is 208 g/mol. The van der Waals surface area contributed by atoms with Gasteiger partial charge in [-0.3, -0.25) is 9.20 Å². The van der Waals surface area contributed by atoms with Crippen LogP contribution in [0.5, 0.6) is 0 Å². The van der Waals surface area contributed by atoms with Gasteiger partial charge in [0.25, 0.3) is 0 Å². The van der Waals surface area contributed by atoms with E-state index in [0.717, 1.165) is 11.2 Å². The molecule has 0 aliphatic carbocycles. The van der Waals surface area contributed by atoms with Gasteiger partial charge in [0.15, 0.2) is 0 Å². The topological polar surface area (TPSA) is 34.4 Å². The number of pyridine rings is 1. The first kappa shape index (κ1) is 9.21. The molecule has 4 heteroatoms. The molecular formula is C10H9ClN2O. The number of aromatic nitrogens is 2. The Balaban J connectivity index is 2.49. The maximum Gasteiger partial charge on any atom is 0.137 e. The molecule has 2 aromatic rings. The number of ketones is 1. The highest BCUT2D eigenvalue weighted by Crippen LogP contribution is 2.13. The van der Waals surface area contributed by atoms with Crippen LogP contribution in [0, 0.1) is 0 Å². The molecule has 0 saturated heterocycles. The summed E-state index contributed by atoms with van der Waals surface area (Å²) < 4.78 is 1.76. The van der Waals surface area contributed by atoms with Crippen LogP contribution in [0.2, 0.25) is 5.15 Å². The lowest BCUT2D eigenvalue weighted by atomic mass is 10.1. The molecule has 0 aliphatic heterocycles. The summed E-state index contributed by atoms with van der Waals surface area (Å²) >= 11 is 5.90. The fraction of sp³-hybridized carbons (Fsp3) is 0.200. The van der Waals surface area contributed by atoms with Crippen LogP contribution in [0.15, 0.2) is 24.5 Å². The molecule has 3 nitrogen and oxygen atoms in total.